The molecule has 2 heterocycles. The highest BCUT2D eigenvalue weighted by atomic mass is 79.9. The van der Waals surface area contributed by atoms with Crippen molar-refractivity contribution in [1.29, 1.82) is 0 Å². The molecule has 1 aliphatic heterocycles. The zero-order chi connectivity index (χ0) is 14.2. The van der Waals surface area contributed by atoms with Gasteiger partial charge in [-0.3, -0.25) is 0 Å². The fraction of sp³-hybridized carbons (Fsp3) is 0.118. The zero-order valence-electron chi connectivity index (χ0n) is 11.3. The lowest BCUT2D eigenvalue weighted by atomic mass is 9.98. The first-order chi connectivity index (χ1) is 10.3. The summed E-state index contributed by atoms with van der Waals surface area (Å²) in [6.45, 7) is 0.693. The Morgan fingerprint density at radius 2 is 2.00 bits per heavy atom. The predicted molar refractivity (Wildman–Crippen MR) is 85.9 cm³/mol. The standard InChI is InChI=1S/C17H13BrN2O/c18-13-2-4-15-12(10-13)6-9-21-17-11-14(3-5-16(15)17)20-8-1-7-19-20/h1-5,7-8,10-11H,6,9H2. The zero-order valence-corrected chi connectivity index (χ0v) is 12.9. The highest BCUT2D eigenvalue weighted by Crippen LogP contribution is 2.37. The fourth-order valence-electron chi connectivity index (χ4n) is 2.72. The molecule has 0 saturated carbocycles. The summed E-state index contributed by atoms with van der Waals surface area (Å²) in [4.78, 5) is 0. The first-order valence-electron chi connectivity index (χ1n) is 6.87. The third-order valence-corrected chi connectivity index (χ3v) is 4.21. The molecule has 3 nitrogen and oxygen atoms in total. The number of fused-ring (bicyclic) bond motifs is 3. The summed E-state index contributed by atoms with van der Waals surface area (Å²) in [5.74, 6) is 0.920. The molecule has 0 N–H and O–H groups in total. The van der Waals surface area contributed by atoms with E-state index in [9.17, 15) is 0 Å². The molecule has 0 saturated heterocycles. The molecule has 0 spiro atoms. The fourth-order valence-corrected chi connectivity index (χ4v) is 3.13. The second-order valence-corrected chi connectivity index (χ2v) is 5.95. The summed E-state index contributed by atoms with van der Waals surface area (Å²) < 4.78 is 8.91. The summed E-state index contributed by atoms with van der Waals surface area (Å²) in [5.41, 5.74) is 4.72. The summed E-state index contributed by atoms with van der Waals surface area (Å²) in [7, 11) is 0. The minimum atomic E-state index is 0.693. The van der Waals surface area contributed by atoms with Crippen LogP contribution in [-0.2, 0) is 6.42 Å². The van der Waals surface area contributed by atoms with Gasteiger partial charge < -0.3 is 4.74 Å². The molecular formula is C17H13BrN2O. The average Bonchev–Trinajstić information content (AvgIpc) is 2.96. The smallest absolute Gasteiger partial charge is 0.129 e. The Morgan fingerprint density at radius 1 is 1.10 bits per heavy atom. The van der Waals surface area contributed by atoms with E-state index in [1.165, 1.54) is 11.1 Å². The van der Waals surface area contributed by atoms with Crippen LogP contribution >= 0.6 is 15.9 Å². The van der Waals surface area contributed by atoms with Crippen molar-refractivity contribution in [2.75, 3.05) is 6.61 Å². The van der Waals surface area contributed by atoms with Crippen LogP contribution in [0.4, 0.5) is 0 Å². The Hall–Kier alpha value is -2.07. The quantitative estimate of drug-likeness (QED) is 0.662. The van der Waals surface area contributed by atoms with Crippen LogP contribution in [0.15, 0.2) is 59.3 Å². The molecule has 1 aliphatic rings. The van der Waals surface area contributed by atoms with E-state index >= 15 is 0 Å². The van der Waals surface area contributed by atoms with Gasteiger partial charge >= 0.3 is 0 Å². The summed E-state index contributed by atoms with van der Waals surface area (Å²) >= 11 is 3.54. The maximum absolute atomic E-state index is 5.95. The number of halogens is 1. The molecule has 0 bridgehead atoms. The first-order valence-corrected chi connectivity index (χ1v) is 7.66. The highest BCUT2D eigenvalue weighted by Gasteiger charge is 2.16. The number of aromatic nitrogens is 2. The SMILES string of the molecule is Brc1ccc2c(c1)CCOc1cc(-n3cccn3)ccc1-2. The van der Waals surface area contributed by atoms with E-state index in [4.69, 9.17) is 4.74 Å². The van der Waals surface area contributed by atoms with Crippen LogP contribution in [-0.4, -0.2) is 16.4 Å². The summed E-state index contributed by atoms with van der Waals surface area (Å²) in [6, 6.07) is 14.6. The Morgan fingerprint density at radius 3 is 2.86 bits per heavy atom. The van der Waals surface area contributed by atoms with Gasteiger partial charge in [0, 0.05) is 34.9 Å². The van der Waals surface area contributed by atoms with Gasteiger partial charge in [-0.25, -0.2) is 4.68 Å². The van der Waals surface area contributed by atoms with Crippen LogP contribution in [0.2, 0.25) is 0 Å². The molecule has 0 radical (unpaired) electrons. The van der Waals surface area contributed by atoms with E-state index in [0.717, 1.165) is 27.9 Å². The van der Waals surface area contributed by atoms with Gasteiger partial charge in [-0.2, -0.15) is 5.10 Å². The van der Waals surface area contributed by atoms with Crippen LogP contribution in [0, 0.1) is 0 Å². The number of ether oxygens (including phenoxy) is 1. The summed E-state index contributed by atoms with van der Waals surface area (Å²) in [6.07, 6.45) is 4.63. The lowest BCUT2D eigenvalue weighted by molar-refractivity contribution is 0.326. The number of rotatable bonds is 1. The van der Waals surface area contributed by atoms with E-state index in [2.05, 4.69) is 57.4 Å². The minimum absolute atomic E-state index is 0.693. The van der Waals surface area contributed by atoms with Crippen molar-refractivity contribution in [3.8, 4) is 22.6 Å². The Balaban J connectivity index is 1.87. The lowest BCUT2D eigenvalue weighted by Crippen LogP contribution is -2.00. The molecule has 4 heteroatoms. The van der Waals surface area contributed by atoms with Crippen molar-refractivity contribution in [2.24, 2.45) is 0 Å². The number of hydrogen-bond donors (Lipinski definition) is 0. The van der Waals surface area contributed by atoms with E-state index in [1.807, 2.05) is 16.9 Å². The van der Waals surface area contributed by atoms with Gasteiger partial charge in [-0.05, 0) is 41.5 Å². The molecule has 0 fully saturated rings. The van der Waals surface area contributed by atoms with E-state index in [-0.39, 0.29) is 0 Å². The molecule has 2 aromatic carbocycles. The average molecular weight is 341 g/mol. The second kappa shape index (κ2) is 5.04. The normalized spacial score (nSPS) is 13.0. The topological polar surface area (TPSA) is 27.1 Å². The maximum atomic E-state index is 5.95. The maximum Gasteiger partial charge on any atom is 0.129 e. The molecule has 3 aromatic rings. The van der Waals surface area contributed by atoms with Crippen LogP contribution < -0.4 is 4.74 Å². The van der Waals surface area contributed by atoms with Gasteiger partial charge in [0.2, 0.25) is 0 Å². The molecule has 0 unspecified atom stereocenters. The monoisotopic (exact) mass is 340 g/mol. The third kappa shape index (κ3) is 2.25. The van der Waals surface area contributed by atoms with Crippen molar-refractivity contribution < 1.29 is 4.74 Å². The van der Waals surface area contributed by atoms with Gasteiger partial charge in [-0.1, -0.05) is 22.0 Å². The van der Waals surface area contributed by atoms with E-state index in [1.54, 1.807) is 6.20 Å². The molecule has 0 aliphatic carbocycles. The van der Waals surface area contributed by atoms with E-state index in [0.29, 0.717) is 6.61 Å². The Bertz CT molecular complexity index is 797. The third-order valence-electron chi connectivity index (χ3n) is 3.72. The molecule has 0 amide bonds. The van der Waals surface area contributed by atoms with Crippen molar-refractivity contribution in [1.82, 2.24) is 9.78 Å². The number of benzene rings is 2. The largest absolute Gasteiger partial charge is 0.493 e. The van der Waals surface area contributed by atoms with Crippen LogP contribution in [0.1, 0.15) is 5.56 Å². The van der Waals surface area contributed by atoms with Crippen molar-refractivity contribution in [3.63, 3.8) is 0 Å². The van der Waals surface area contributed by atoms with Gasteiger partial charge in [0.1, 0.15) is 5.75 Å². The number of nitrogens with zero attached hydrogens (tertiary/aromatic N) is 2. The lowest BCUT2D eigenvalue weighted by Gasteiger charge is -2.11. The van der Waals surface area contributed by atoms with Gasteiger partial charge in [0.25, 0.3) is 0 Å². The van der Waals surface area contributed by atoms with Crippen molar-refractivity contribution in [2.45, 2.75) is 6.42 Å². The molecule has 4 rings (SSSR count). The second-order valence-electron chi connectivity index (χ2n) is 5.03. The van der Waals surface area contributed by atoms with Crippen LogP contribution in [0.25, 0.3) is 16.8 Å². The van der Waals surface area contributed by atoms with Gasteiger partial charge in [0.15, 0.2) is 0 Å². The minimum Gasteiger partial charge on any atom is -0.493 e. The summed E-state index contributed by atoms with van der Waals surface area (Å²) in [5, 5.41) is 4.27. The highest BCUT2D eigenvalue weighted by molar-refractivity contribution is 9.10. The van der Waals surface area contributed by atoms with Crippen molar-refractivity contribution in [3.05, 3.63) is 64.9 Å². The molecule has 104 valence electrons. The van der Waals surface area contributed by atoms with E-state index < -0.39 is 0 Å². The molecule has 21 heavy (non-hydrogen) atoms. The molecular weight excluding hydrogens is 328 g/mol. The van der Waals surface area contributed by atoms with Gasteiger partial charge in [-0.15, -0.1) is 0 Å². The Kier molecular flexibility index (Phi) is 3.04. The van der Waals surface area contributed by atoms with Gasteiger partial charge in [0.05, 0.1) is 12.3 Å². The first kappa shape index (κ1) is 12.7. The molecule has 1 aromatic heterocycles. The van der Waals surface area contributed by atoms with Crippen molar-refractivity contribution >= 4 is 15.9 Å². The molecule has 0 atom stereocenters. The Labute approximate surface area is 131 Å². The van der Waals surface area contributed by atoms with Crippen LogP contribution in [0.3, 0.4) is 0 Å². The number of hydrogen-bond acceptors (Lipinski definition) is 2. The van der Waals surface area contributed by atoms with Crippen LogP contribution in [0.5, 0.6) is 5.75 Å². The predicted octanol–water partition coefficient (Wildman–Crippen LogP) is 4.24.